The van der Waals surface area contributed by atoms with Gasteiger partial charge in [0.25, 0.3) is 10.0 Å². The van der Waals surface area contributed by atoms with E-state index in [4.69, 9.17) is 0 Å². The first-order valence-electron chi connectivity index (χ1n) is 9.18. The van der Waals surface area contributed by atoms with E-state index in [1.807, 2.05) is 0 Å². The second-order valence-electron chi connectivity index (χ2n) is 6.70. The van der Waals surface area contributed by atoms with Crippen molar-refractivity contribution in [2.24, 2.45) is 0 Å². The van der Waals surface area contributed by atoms with Gasteiger partial charge in [0.05, 0.1) is 17.0 Å². The smallest absolute Gasteiger partial charge is 0.263 e. The van der Waals surface area contributed by atoms with Gasteiger partial charge in [-0.1, -0.05) is 25.5 Å². The quantitative estimate of drug-likeness (QED) is 0.410. The number of hydrogen-bond donors (Lipinski definition) is 1. The number of halogens is 4. The Morgan fingerprint density at radius 2 is 1.63 bits per heavy atom. The lowest BCUT2D eigenvalue weighted by Crippen LogP contribution is -2.14. The van der Waals surface area contributed by atoms with Gasteiger partial charge in [-0.25, -0.2) is 26.0 Å². The number of sulfonamides is 1. The molecule has 0 aliphatic heterocycles. The van der Waals surface area contributed by atoms with Crippen molar-refractivity contribution in [3.8, 4) is 0 Å². The number of aromatic nitrogens is 2. The lowest BCUT2D eigenvalue weighted by atomic mass is 10.1. The summed E-state index contributed by atoms with van der Waals surface area (Å²) in [6.07, 6.45) is 4.11. The number of aryl methyl sites for hydroxylation is 1. The van der Waals surface area contributed by atoms with Crippen LogP contribution in [0, 0.1) is 23.3 Å². The topological polar surface area (TPSA) is 64.0 Å². The molecule has 0 saturated carbocycles. The number of anilines is 1. The molecule has 1 heterocycles. The van der Waals surface area contributed by atoms with Crippen molar-refractivity contribution in [2.45, 2.75) is 37.6 Å². The molecule has 0 spiro atoms. The molecule has 160 valence electrons. The molecular formula is C20H19F4N3O2S. The number of rotatable bonds is 8. The zero-order chi connectivity index (χ0) is 21.9. The third kappa shape index (κ3) is 4.81. The van der Waals surface area contributed by atoms with E-state index in [0.29, 0.717) is 0 Å². The highest BCUT2D eigenvalue weighted by Crippen LogP contribution is 2.21. The first-order chi connectivity index (χ1) is 14.2. The van der Waals surface area contributed by atoms with Crippen LogP contribution in [0.25, 0.3) is 0 Å². The van der Waals surface area contributed by atoms with Crippen molar-refractivity contribution >= 4 is 15.8 Å². The van der Waals surface area contributed by atoms with Crippen molar-refractivity contribution in [3.05, 3.63) is 77.0 Å². The first kappa shape index (κ1) is 21.8. The minimum absolute atomic E-state index is 0.0292. The fourth-order valence-corrected chi connectivity index (χ4v) is 3.84. The molecule has 0 amide bonds. The second kappa shape index (κ2) is 8.86. The van der Waals surface area contributed by atoms with Gasteiger partial charge in [-0.3, -0.25) is 9.40 Å². The van der Waals surface area contributed by atoms with Gasteiger partial charge < -0.3 is 0 Å². The van der Waals surface area contributed by atoms with Crippen LogP contribution in [0.3, 0.4) is 0 Å². The Kier molecular flexibility index (Phi) is 6.45. The SMILES string of the molecule is CCCCc1ccc(S(=O)(=O)Nc2ccn(Cc3c(F)c(F)cc(F)c3F)n2)cc1. The molecular weight excluding hydrogens is 422 g/mol. The number of unbranched alkanes of at least 4 members (excludes halogenated alkanes) is 1. The molecule has 1 N–H and O–H groups in total. The molecule has 0 bridgehead atoms. The highest BCUT2D eigenvalue weighted by atomic mass is 32.2. The van der Waals surface area contributed by atoms with E-state index in [-0.39, 0.29) is 16.8 Å². The monoisotopic (exact) mass is 441 g/mol. The van der Waals surface area contributed by atoms with Crippen LogP contribution >= 0.6 is 0 Å². The minimum atomic E-state index is -3.93. The van der Waals surface area contributed by atoms with Gasteiger partial charge in [0, 0.05) is 18.3 Å². The van der Waals surface area contributed by atoms with E-state index in [1.54, 1.807) is 12.1 Å². The van der Waals surface area contributed by atoms with Gasteiger partial charge in [-0.05, 0) is 30.5 Å². The van der Waals surface area contributed by atoms with Gasteiger partial charge >= 0.3 is 0 Å². The average Bonchev–Trinajstić information content (AvgIpc) is 3.14. The number of nitrogens with one attached hydrogen (secondary N) is 1. The van der Waals surface area contributed by atoms with Crippen LogP contribution in [-0.4, -0.2) is 18.2 Å². The Hall–Kier alpha value is -2.88. The number of hydrogen-bond acceptors (Lipinski definition) is 3. The summed E-state index contributed by atoms with van der Waals surface area (Å²) < 4.78 is 82.5. The maximum atomic E-state index is 13.8. The lowest BCUT2D eigenvalue weighted by Gasteiger charge is -2.08. The summed E-state index contributed by atoms with van der Waals surface area (Å²) in [6.45, 7) is 1.44. The van der Waals surface area contributed by atoms with Crippen LogP contribution in [0.15, 0.2) is 47.5 Å². The lowest BCUT2D eigenvalue weighted by molar-refractivity contribution is 0.431. The molecule has 0 saturated heterocycles. The van der Waals surface area contributed by atoms with Gasteiger partial charge in [0.2, 0.25) is 0 Å². The van der Waals surface area contributed by atoms with E-state index in [0.717, 1.165) is 29.5 Å². The zero-order valence-electron chi connectivity index (χ0n) is 16.0. The molecule has 0 aliphatic carbocycles. The molecule has 0 unspecified atom stereocenters. The van der Waals surface area contributed by atoms with Crippen LogP contribution < -0.4 is 4.72 Å². The van der Waals surface area contributed by atoms with Crippen LogP contribution in [0.2, 0.25) is 0 Å². The summed E-state index contributed by atoms with van der Waals surface area (Å²) in [7, 11) is -3.93. The molecule has 30 heavy (non-hydrogen) atoms. The second-order valence-corrected chi connectivity index (χ2v) is 8.38. The number of benzene rings is 2. The summed E-state index contributed by atoms with van der Waals surface area (Å²) in [5, 5.41) is 3.86. The molecule has 0 radical (unpaired) electrons. The Morgan fingerprint density at radius 1 is 1.00 bits per heavy atom. The van der Waals surface area contributed by atoms with E-state index >= 15 is 0 Å². The van der Waals surface area contributed by atoms with Crippen molar-refractivity contribution in [3.63, 3.8) is 0 Å². The Morgan fingerprint density at radius 3 is 2.23 bits per heavy atom. The maximum Gasteiger partial charge on any atom is 0.263 e. The minimum Gasteiger partial charge on any atom is -0.266 e. The van der Waals surface area contributed by atoms with Crippen LogP contribution in [-0.2, 0) is 23.0 Å². The van der Waals surface area contributed by atoms with E-state index in [2.05, 4.69) is 16.7 Å². The highest BCUT2D eigenvalue weighted by molar-refractivity contribution is 7.92. The summed E-state index contributed by atoms with van der Waals surface area (Å²) in [4.78, 5) is 0.0292. The number of nitrogens with zero attached hydrogens (tertiary/aromatic N) is 2. The van der Waals surface area contributed by atoms with E-state index in [9.17, 15) is 26.0 Å². The largest absolute Gasteiger partial charge is 0.266 e. The summed E-state index contributed by atoms with van der Waals surface area (Å²) in [5.74, 6) is -6.23. The first-order valence-corrected chi connectivity index (χ1v) is 10.7. The van der Waals surface area contributed by atoms with E-state index < -0.39 is 45.4 Å². The fourth-order valence-electron chi connectivity index (χ4n) is 2.84. The molecule has 2 aromatic carbocycles. The van der Waals surface area contributed by atoms with Crippen molar-refractivity contribution in [1.82, 2.24) is 9.78 Å². The summed E-state index contributed by atoms with van der Waals surface area (Å²) in [5.41, 5.74) is 0.166. The molecule has 0 aliphatic rings. The van der Waals surface area contributed by atoms with Crippen LogP contribution in [0.4, 0.5) is 23.4 Å². The Bertz CT molecular complexity index is 1120. The average molecular weight is 441 g/mol. The third-order valence-corrected chi connectivity index (χ3v) is 5.83. The van der Waals surface area contributed by atoms with Crippen molar-refractivity contribution in [1.29, 1.82) is 0 Å². The molecule has 5 nitrogen and oxygen atoms in total. The fraction of sp³-hybridized carbons (Fsp3) is 0.250. The van der Waals surface area contributed by atoms with Gasteiger partial charge in [0.15, 0.2) is 29.1 Å². The molecule has 0 fully saturated rings. The normalized spacial score (nSPS) is 11.6. The molecule has 0 atom stereocenters. The summed E-state index contributed by atoms with van der Waals surface area (Å²) >= 11 is 0. The van der Waals surface area contributed by atoms with E-state index in [1.165, 1.54) is 24.4 Å². The predicted molar refractivity (Wildman–Crippen MR) is 103 cm³/mol. The molecule has 1 aromatic heterocycles. The Balaban J connectivity index is 1.75. The molecule has 3 aromatic rings. The maximum absolute atomic E-state index is 13.8. The van der Waals surface area contributed by atoms with Crippen molar-refractivity contribution in [2.75, 3.05) is 4.72 Å². The molecule has 10 heteroatoms. The van der Waals surface area contributed by atoms with Crippen molar-refractivity contribution < 1.29 is 26.0 Å². The molecule has 3 rings (SSSR count). The summed E-state index contributed by atoms with van der Waals surface area (Å²) in [6, 6.07) is 7.79. The van der Waals surface area contributed by atoms with Gasteiger partial charge in [0.1, 0.15) is 0 Å². The van der Waals surface area contributed by atoms with Crippen LogP contribution in [0.1, 0.15) is 30.9 Å². The van der Waals surface area contributed by atoms with Crippen LogP contribution in [0.5, 0.6) is 0 Å². The van der Waals surface area contributed by atoms with Gasteiger partial charge in [-0.2, -0.15) is 5.10 Å². The predicted octanol–water partition coefficient (Wildman–Crippen LogP) is 4.63. The standard InChI is InChI=1S/C20H19F4N3O2S/c1-2-3-4-13-5-7-14(8-6-13)30(28,29)26-18-9-10-27(25-18)12-15-19(23)16(21)11-17(22)20(15)24/h5-11H,2-4,12H2,1H3,(H,25,26). The zero-order valence-corrected chi connectivity index (χ0v) is 16.8. The third-order valence-electron chi connectivity index (χ3n) is 4.46. The van der Waals surface area contributed by atoms with Gasteiger partial charge in [-0.15, -0.1) is 0 Å². The highest BCUT2D eigenvalue weighted by Gasteiger charge is 2.20. The Labute approximate surface area is 171 Å².